The highest BCUT2D eigenvalue weighted by molar-refractivity contribution is 7.98. The molecule has 0 aliphatic carbocycles. The summed E-state index contributed by atoms with van der Waals surface area (Å²) >= 11 is 1.27. The summed E-state index contributed by atoms with van der Waals surface area (Å²) in [6.45, 7) is 4.15. The van der Waals surface area contributed by atoms with E-state index in [1.807, 2.05) is 24.3 Å². The molecule has 0 spiro atoms. The molecular formula is C20H17F3N4S. The molecule has 0 fully saturated rings. The van der Waals surface area contributed by atoms with E-state index >= 15 is 0 Å². The molecule has 0 aliphatic heterocycles. The molecule has 4 nitrogen and oxygen atoms in total. The third kappa shape index (κ3) is 3.44. The molecule has 2 aromatic heterocycles. The lowest BCUT2D eigenvalue weighted by Crippen LogP contribution is -2.05. The zero-order chi connectivity index (χ0) is 19.9. The number of para-hydroxylation sites is 1. The van der Waals surface area contributed by atoms with Gasteiger partial charge in [0.1, 0.15) is 5.52 Å². The Balaban J connectivity index is 1.67. The van der Waals surface area contributed by atoms with Gasteiger partial charge >= 0.3 is 6.18 Å². The van der Waals surface area contributed by atoms with Gasteiger partial charge in [0.15, 0.2) is 5.65 Å². The molecule has 0 N–H and O–H groups in total. The molecule has 0 atom stereocenters. The Morgan fingerprint density at radius 3 is 2.57 bits per heavy atom. The minimum atomic E-state index is -4.35. The zero-order valence-corrected chi connectivity index (χ0v) is 16.1. The number of hydrogen-bond donors (Lipinski definition) is 0. The maximum absolute atomic E-state index is 12.9. The second-order valence-electron chi connectivity index (χ2n) is 6.73. The number of rotatable bonds is 4. The maximum Gasteiger partial charge on any atom is 0.416 e. The molecule has 28 heavy (non-hydrogen) atoms. The van der Waals surface area contributed by atoms with E-state index in [1.165, 1.54) is 17.8 Å². The minimum Gasteiger partial charge on any atom is -0.321 e. The molecule has 4 aromatic rings. The Labute approximate surface area is 163 Å². The van der Waals surface area contributed by atoms with Crippen molar-refractivity contribution in [3.05, 3.63) is 59.7 Å². The van der Waals surface area contributed by atoms with Crippen molar-refractivity contribution in [2.75, 3.05) is 0 Å². The molecule has 0 unspecified atom stereocenters. The summed E-state index contributed by atoms with van der Waals surface area (Å²) < 4.78 is 40.8. The number of benzene rings is 2. The average molecular weight is 402 g/mol. The van der Waals surface area contributed by atoms with Crippen LogP contribution in [0.4, 0.5) is 13.2 Å². The van der Waals surface area contributed by atoms with Crippen molar-refractivity contribution in [2.24, 2.45) is 0 Å². The molecule has 0 aliphatic rings. The summed E-state index contributed by atoms with van der Waals surface area (Å²) in [5.41, 5.74) is 2.41. The van der Waals surface area contributed by atoms with Gasteiger partial charge < -0.3 is 4.57 Å². The predicted molar refractivity (Wildman–Crippen MR) is 104 cm³/mol. The lowest BCUT2D eigenvalue weighted by Gasteiger charge is -2.10. The van der Waals surface area contributed by atoms with Gasteiger partial charge in [-0.25, -0.2) is 4.98 Å². The van der Waals surface area contributed by atoms with Crippen LogP contribution < -0.4 is 0 Å². The fraction of sp³-hybridized carbons (Fsp3) is 0.250. The Morgan fingerprint density at radius 2 is 1.82 bits per heavy atom. The fourth-order valence-electron chi connectivity index (χ4n) is 3.21. The summed E-state index contributed by atoms with van der Waals surface area (Å²) in [6, 6.07) is 13.4. The molecule has 0 saturated heterocycles. The summed E-state index contributed by atoms with van der Waals surface area (Å²) in [5, 5.41) is 9.96. The third-order valence-corrected chi connectivity index (χ3v) is 5.34. The first kappa shape index (κ1) is 18.7. The van der Waals surface area contributed by atoms with Gasteiger partial charge in [0.2, 0.25) is 5.16 Å². The third-order valence-electron chi connectivity index (χ3n) is 4.43. The average Bonchev–Trinajstić information content (AvgIpc) is 3.00. The van der Waals surface area contributed by atoms with Crippen LogP contribution in [0, 0.1) is 0 Å². The van der Waals surface area contributed by atoms with Crippen LogP contribution in [-0.4, -0.2) is 19.7 Å². The van der Waals surface area contributed by atoms with E-state index in [1.54, 1.807) is 6.07 Å². The van der Waals surface area contributed by atoms with Gasteiger partial charge in [0.05, 0.1) is 11.1 Å². The largest absolute Gasteiger partial charge is 0.416 e. The first-order valence-electron chi connectivity index (χ1n) is 8.77. The normalized spacial score (nSPS) is 12.4. The monoisotopic (exact) mass is 402 g/mol. The second kappa shape index (κ2) is 7.09. The van der Waals surface area contributed by atoms with Gasteiger partial charge in [-0.15, -0.1) is 10.2 Å². The van der Waals surface area contributed by atoms with Crippen LogP contribution in [0.15, 0.2) is 53.7 Å². The molecule has 2 heterocycles. The smallest absolute Gasteiger partial charge is 0.321 e. The summed E-state index contributed by atoms with van der Waals surface area (Å²) in [7, 11) is 0. The summed E-state index contributed by atoms with van der Waals surface area (Å²) in [6.07, 6.45) is -4.35. The minimum absolute atomic E-state index is 0.181. The molecule has 8 heteroatoms. The van der Waals surface area contributed by atoms with Gasteiger partial charge in [0.25, 0.3) is 0 Å². The molecule has 144 valence electrons. The molecule has 0 saturated carbocycles. The Hall–Kier alpha value is -2.61. The Morgan fingerprint density at radius 1 is 1.04 bits per heavy atom. The lowest BCUT2D eigenvalue weighted by atomic mass is 10.1. The van der Waals surface area contributed by atoms with Crippen molar-refractivity contribution >= 4 is 33.8 Å². The number of hydrogen-bond acceptors (Lipinski definition) is 4. The van der Waals surface area contributed by atoms with Crippen molar-refractivity contribution in [2.45, 2.75) is 37.0 Å². The number of halogens is 3. The van der Waals surface area contributed by atoms with E-state index in [4.69, 9.17) is 0 Å². The predicted octanol–water partition coefficient (Wildman–Crippen LogP) is 5.87. The van der Waals surface area contributed by atoms with Gasteiger partial charge in [-0.3, -0.25) is 0 Å². The highest BCUT2D eigenvalue weighted by atomic mass is 32.2. The van der Waals surface area contributed by atoms with Crippen LogP contribution in [0.3, 0.4) is 0 Å². The van der Waals surface area contributed by atoms with Crippen LogP contribution >= 0.6 is 11.8 Å². The van der Waals surface area contributed by atoms with Crippen molar-refractivity contribution in [1.82, 2.24) is 19.7 Å². The summed E-state index contributed by atoms with van der Waals surface area (Å²) in [5.74, 6) is 0.332. The van der Waals surface area contributed by atoms with Crippen molar-refractivity contribution < 1.29 is 13.2 Å². The fourth-order valence-corrected chi connectivity index (χ4v) is 3.94. The highest BCUT2D eigenvalue weighted by Crippen LogP contribution is 2.32. The van der Waals surface area contributed by atoms with E-state index in [0.717, 1.165) is 34.2 Å². The van der Waals surface area contributed by atoms with Gasteiger partial charge in [-0.2, -0.15) is 13.2 Å². The van der Waals surface area contributed by atoms with Crippen LogP contribution in [-0.2, 0) is 11.9 Å². The Kier molecular flexibility index (Phi) is 4.74. The number of alkyl halides is 3. The quantitative estimate of drug-likeness (QED) is 0.400. The second-order valence-corrected chi connectivity index (χ2v) is 7.68. The molecule has 0 amide bonds. The standard InChI is InChI=1S/C20H17F3N4S/c1-12(2)27-16-9-4-3-8-15(16)17-18(27)24-19(26-25-17)28-11-13-6-5-7-14(10-13)20(21,22)23/h3-10,12H,11H2,1-2H3. The number of nitrogens with zero attached hydrogens (tertiary/aromatic N) is 4. The number of thioether (sulfide) groups is 1. The van der Waals surface area contributed by atoms with E-state index in [0.29, 0.717) is 16.5 Å². The van der Waals surface area contributed by atoms with E-state index in [2.05, 4.69) is 33.6 Å². The SMILES string of the molecule is CC(C)n1c2ccccc2c2nnc(SCc3cccc(C(F)(F)F)c3)nc21. The number of fused-ring (bicyclic) bond motifs is 3. The summed E-state index contributed by atoms with van der Waals surface area (Å²) in [4.78, 5) is 4.65. The topological polar surface area (TPSA) is 43.6 Å². The lowest BCUT2D eigenvalue weighted by molar-refractivity contribution is -0.137. The Bertz CT molecular complexity index is 1150. The molecule has 0 bridgehead atoms. The van der Waals surface area contributed by atoms with E-state index in [-0.39, 0.29) is 6.04 Å². The van der Waals surface area contributed by atoms with E-state index < -0.39 is 11.7 Å². The van der Waals surface area contributed by atoms with Gasteiger partial charge in [0, 0.05) is 17.2 Å². The molecule has 2 aromatic carbocycles. The zero-order valence-electron chi connectivity index (χ0n) is 15.2. The van der Waals surface area contributed by atoms with Crippen LogP contribution in [0.5, 0.6) is 0 Å². The highest BCUT2D eigenvalue weighted by Gasteiger charge is 2.30. The molecular weight excluding hydrogens is 385 g/mol. The van der Waals surface area contributed by atoms with Crippen LogP contribution in [0.1, 0.15) is 31.0 Å². The van der Waals surface area contributed by atoms with Crippen molar-refractivity contribution in [3.63, 3.8) is 0 Å². The van der Waals surface area contributed by atoms with Crippen molar-refractivity contribution in [3.8, 4) is 0 Å². The molecule has 4 rings (SSSR count). The maximum atomic E-state index is 12.9. The molecule has 0 radical (unpaired) electrons. The first-order chi connectivity index (χ1) is 13.3. The first-order valence-corrected chi connectivity index (χ1v) is 9.75. The van der Waals surface area contributed by atoms with Crippen LogP contribution in [0.2, 0.25) is 0 Å². The van der Waals surface area contributed by atoms with E-state index in [9.17, 15) is 13.2 Å². The van der Waals surface area contributed by atoms with Gasteiger partial charge in [-0.1, -0.05) is 48.2 Å². The van der Waals surface area contributed by atoms with Gasteiger partial charge in [-0.05, 0) is 31.5 Å². The van der Waals surface area contributed by atoms with Crippen molar-refractivity contribution in [1.29, 1.82) is 0 Å². The van der Waals surface area contributed by atoms with Crippen LogP contribution in [0.25, 0.3) is 22.1 Å². The number of aromatic nitrogens is 4.